The van der Waals surface area contributed by atoms with Crippen LogP contribution < -0.4 is 10.2 Å². The van der Waals surface area contributed by atoms with Crippen molar-refractivity contribution in [1.82, 2.24) is 9.80 Å². The predicted molar refractivity (Wildman–Crippen MR) is 120 cm³/mol. The lowest BCUT2D eigenvalue weighted by Crippen LogP contribution is -2.50. The molecule has 158 valence electrons. The Kier molecular flexibility index (Phi) is 6.21. The zero-order valence-corrected chi connectivity index (χ0v) is 17.6. The molecule has 0 bridgehead atoms. The van der Waals surface area contributed by atoms with Crippen LogP contribution in [0.2, 0.25) is 0 Å². The van der Waals surface area contributed by atoms with E-state index in [1.165, 1.54) is 17.7 Å². The Morgan fingerprint density at radius 1 is 0.800 bits per heavy atom. The van der Waals surface area contributed by atoms with E-state index in [0.717, 1.165) is 39.0 Å². The molecule has 2 saturated heterocycles. The third-order valence-electron chi connectivity index (χ3n) is 5.94. The van der Waals surface area contributed by atoms with Crippen LogP contribution >= 0.6 is 0 Å². The van der Waals surface area contributed by atoms with Crippen molar-refractivity contribution in [3.05, 3.63) is 59.7 Å². The van der Waals surface area contributed by atoms with E-state index in [0.29, 0.717) is 24.3 Å². The summed E-state index contributed by atoms with van der Waals surface area (Å²) in [6, 6.07) is 15.6. The van der Waals surface area contributed by atoms with Gasteiger partial charge < -0.3 is 20.0 Å². The lowest BCUT2D eigenvalue weighted by Gasteiger charge is -2.36. The minimum Gasteiger partial charge on any atom is -0.368 e. The minimum absolute atomic E-state index is 0.0533. The number of nitrogens with one attached hydrogen (secondary N) is 1. The fourth-order valence-corrected chi connectivity index (χ4v) is 4.20. The number of urea groups is 1. The van der Waals surface area contributed by atoms with Crippen LogP contribution in [0, 0.1) is 6.92 Å². The second-order valence-electron chi connectivity index (χ2n) is 8.18. The predicted octanol–water partition coefficient (Wildman–Crippen LogP) is 3.98. The van der Waals surface area contributed by atoms with Crippen LogP contribution in [0.15, 0.2) is 48.5 Å². The maximum atomic E-state index is 12.7. The SMILES string of the molecule is Cc1cccc(N2CCN(C(=O)Nc3cccc(C(=O)N4CCCCC4)c3)CC2)c1. The molecular formula is C24H30N4O2. The molecule has 6 nitrogen and oxygen atoms in total. The van der Waals surface area contributed by atoms with Gasteiger partial charge in [-0.15, -0.1) is 0 Å². The van der Waals surface area contributed by atoms with Crippen LogP contribution in [-0.2, 0) is 0 Å². The summed E-state index contributed by atoms with van der Waals surface area (Å²) in [7, 11) is 0. The number of piperazine rings is 1. The topological polar surface area (TPSA) is 55.9 Å². The van der Waals surface area contributed by atoms with E-state index in [9.17, 15) is 9.59 Å². The number of hydrogen-bond donors (Lipinski definition) is 1. The van der Waals surface area contributed by atoms with Gasteiger partial charge in [0.15, 0.2) is 0 Å². The first-order valence-corrected chi connectivity index (χ1v) is 10.9. The fourth-order valence-electron chi connectivity index (χ4n) is 4.20. The second kappa shape index (κ2) is 9.20. The molecule has 0 saturated carbocycles. The van der Waals surface area contributed by atoms with Crippen molar-refractivity contribution in [3.63, 3.8) is 0 Å². The molecular weight excluding hydrogens is 376 g/mol. The van der Waals surface area contributed by atoms with E-state index >= 15 is 0 Å². The highest BCUT2D eigenvalue weighted by molar-refractivity contribution is 5.97. The molecule has 3 amide bonds. The molecule has 0 aromatic heterocycles. The summed E-state index contributed by atoms with van der Waals surface area (Å²) < 4.78 is 0. The number of nitrogens with zero attached hydrogens (tertiary/aromatic N) is 3. The van der Waals surface area contributed by atoms with Gasteiger partial charge in [-0.05, 0) is 62.1 Å². The van der Waals surface area contributed by atoms with Crippen LogP contribution in [0.25, 0.3) is 0 Å². The maximum absolute atomic E-state index is 12.7. The van der Waals surface area contributed by atoms with Crippen molar-refractivity contribution < 1.29 is 9.59 Å². The van der Waals surface area contributed by atoms with Crippen molar-refractivity contribution in [3.8, 4) is 0 Å². The summed E-state index contributed by atoms with van der Waals surface area (Å²) in [6.45, 7) is 6.70. The summed E-state index contributed by atoms with van der Waals surface area (Å²) in [5, 5.41) is 2.97. The summed E-state index contributed by atoms with van der Waals surface area (Å²) >= 11 is 0. The number of carbonyl (C=O) groups is 2. The van der Waals surface area contributed by atoms with Crippen molar-refractivity contribution >= 4 is 23.3 Å². The minimum atomic E-state index is -0.110. The number of rotatable bonds is 3. The van der Waals surface area contributed by atoms with Gasteiger partial charge in [0.05, 0.1) is 0 Å². The first-order chi connectivity index (χ1) is 14.6. The third-order valence-corrected chi connectivity index (χ3v) is 5.94. The third kappa shape index (κ3) is 4.75. The van der Waals surface area contributed by atoms with Gasteiger partial charge >= 0.3 is 6.03 Å². The molecule has 2 aliphatic heterocycles. The average Bonchev–Trinajstić information content (AvgIpc) is 2.79. The number of piperidine rings is 1. The van der Waals surface area contributed by atoms with Crippen molar-refractivity contribution in [2.24, 2.45) is 0 Å². The number of amides is 3. The molecule has 2 aliphatic rings. The maximum Gasteiger partial charge on any atom is 0.321 e. The Labute approximate surface area is 178 Å². The Morgan fingerprint density at radius 3 is 2.27 bits per heavy atom. The standard InChI is InChI=1S/C24H30N4O2/c1-19-7-5-10-22(17-19)26-13-15-28(16-14-26)24(30)25-21-9-6-8-20(18-21)23(29)27-11-3-2-4-12-27/h5-10,17-18H,2-4,11-16H2,1H3,(H,25,30). The summed E-state index contributed by atoms with van der Waals surface area (Å²) in [5.74, 6) is 0.0533. The lowest BCUT2D eigenvalue weighted by atomic mass is 10.1. The molecule has 1 N–H and O–H groups in total. The van der Waals surface area contributed by atoms with E-state index < -0.39 is 0 Å². The Balaban J connectivity index is 1.33. The molecule has 2 aromatic rings. The highest BCUT2D eigenvalue weighted by Crippen LogP contribution is 2.19. The van der Waals surface area contributed by atoms with Gasteiger partial charge in [-0.2, -0.15) is 0 Å². The first-order valence-electron chi connectivity index (χ1n) is 10.9. The molecule has 2 heterocycles. The molecule has 0 spiro atoms. The number of anilines is 2. The average molecular weight is 407 g/mol. The summed E-state index contributed by atoms with van der Waals surface area (Å²) in [5.41, 5.74) is 3.76. The largest absolute Gasteiger partial charge is 0.368 e. The van der Waals surface area contributed by atoms with E-state index in [1.54, 1.807) is 6.07 Å². The van der Waals surface area contributed by atoms with E-state index in [-0.39, 0.29) is 11.9 Å². The molecule has 2 aromatic carbocycles. The van der Waals surface area contributed by atoms with Gasteiger partial charge in [-0.25, -0.2) is 4.79 Å². The number of benzene rings is 2. The number of carbonyl (C=O) groups excluding carboxylic acids is 2. The number of hydrogen-bond acceptors (Lipinski definition) is 3. The van der Waals surface area contributed by atoms with Gasteiger partial charge in [0.1, 0.15) is 0 Å². The molecule has 30 heavy (non-hydrogen) atoms. The summed E-state index contributed by atoms with van der Waals surface area (Å²) in [4.78, 5) is 31.5. The van der Waals surface area contributed by atoms with Gasteiger partial charge in [-0.3, -0.25) is 4.79 Å². The Morgan fingerprint density at radius 2 is 1.53 bits per heavy atom. The normalized spacial score (nSPS) is 17.0. The van der Waals surface area contributed by atoms with Gasteiger partial charge in [0, 0.05) is 56.2 Å². The molecule has 6 heteroatoms. The Hall–Kier alpha value is -3.02. The van der Waals surface area contributed by atoms with Crippen molar-refractivity contribution in [2.45, 2.75) is 26.2 Å². The smallest absolute Gasteiger partial charge is 0.321 e. The van der Waals surface area contributed by atoms with Gasteiger partial charge in [0.25, 0.3) is 5.91 Å². The molecule has 0 radical (unpaired) electrons. The van der Waals surface area contributed by atoms with Gasteiger partial charge in [0.2, 0.25) is 0 Å². The monoisotopic (exact) mass is 406 g/mol. The zero-order chi connectivity index (χ0) is 20.9. The number of aryl methyl sites for hydroxylation is 1. The van der Waals surface area contributed by atoms with Crippen LogP contribution in [0.3, 0.4) is 0 Å². The molecule has 0 aliphatic carbocycles. The highest BCUT2D eigenvalue weighted by atomic mass is 16.2. The first kappa shape index (κ1) is 20.3. The lowest BCUT2D eigenvalue weighted by molar-refractivity contribution is 0.0724. The quantitative estimate of drug-likeness (QED) is 0.839. The molecule has 0 unspecified atom stereocenters. The Bertz CT molecular complexity index is 900. The van der Waals surface area contributed by atoms with E-state index in [1.807, 2.05) is 28.0 Å². The highest BCUT2D eigenvalue weighted by Gasteiger charge is 2.22. The zero-order valence-electron chi connectivity index (χ0n) is 17.6. The van der Waals surface area contributed by atoms with Gasteiger partial charge in [-0.1, -0.05) is 18.2 Å². The van der Waals surface area contributed by atoms with Crippen LogP contribution in [-0.4, -0.2) is 61.0 Å². The molecule has 0 atom stereocenters. The van der Waals surface area contributed by atoms with Crippen molar-refractivity contribution in [1.29, 1.82) is 0 Å². The van der Waals surface area contributed by atoms with Crippen molar-refractivity contribution in [2.75, 3.05) is 49.5 Å². The van der Waals surface area contributed by atoms with Crippen LogP contribution in [0.4, 0.5) is 16.2 Å². The van der Waals surface area contributed by atoms with Crippen LogP contribution in [0.1, 0.15) is 35.2 Å². The fraction of sp³-hybridized carbons (Fsp3) is 0.417. The number of likely N-dealkylation sites (tertiary alicyclic amines) is 1. The second-order valence-corrected chi connectivity index (χ2v) is 8.18. The van der Waals surface area contributed by atoms with Crippen LogP contribution in [0.5, 0.6) is 0 Å². The van der Waals surface area contributed by atoms with E-state index in [2.05, 4.69) is 41.4 Å². The summed E-state index contributed by atoms with van der Waals surface area (Å²) in [6.07, 6.45) is 3.32. The molecule has 2 fully saturated rings. The molecule has 4 rings (SSSR count). The van der Waals surface area contributed by atoms with E-state index in [4.69, 9.17) is 0 Å².